The lowest BCUT2D eigenvalue weighted by Gasteiger charge is -2.10. The Hall–Kier alpha value is -2.40. The van der Waals surface area contributed by atoms with E-state index in [-0.39, 0.29) is 12.5 Å². The summed E-state index contributed by atoms with van der Waals surface area (Å²) in [5.41, 5.74) is 8.06. The van der Waals surface area contributed by atoms with Crippen molar-refractivity contribution in [3.8, 4) is 11.6 Å². The van der Waals surface area contributed by atoms with Crippen molar-refractivity contribution in [2.45, 2.75) is 13.8 Å². The highest BCUT2D eigenvalue weighted by Crippen LogP contribution is 2.25. The van der Waals surface area contributed by atoms with Crippen LogP contribution in [0, 0.1) is 13.8 Å². The first kappa shape index (κ1) is 14.0. The molecule has 0 spiro atoms. The smallest absolute Gasteiger partial charge is 0.238 e. The molecule has 0 aliphatic carbocycles. The summed E-state index contributed by atoms with van der Waals surface area (Å²) in [4.78, 5) is 15.3. The van der Waals surface area contributed by atoms with Crippen LogP contribution < -0.4 is 15.8 Å². The highest BCUT2D eigenvalue weighted by molar-refractivity contribution is 5.91. The third kappa shape index (κ3) is 3.33. The summed E-state index contributed by atoms with van der Waals surface area (Å²) in [6, 6.07) is 9.29. The number of ether oxygens (including phenoxy) is 1. The van der Waals surface area contributed by atoms with Crippen LogP contribution in [0.4, 0.5) is 5.69 Å². The first-order chi connectivity index (χ1) is 9.60. The Kier molecular flexibility index (Phi) is 4.32. The van der Waals surface area contributed by atoms with E-state index >= 15 is 0 Å². The first-order valence-electron chi connectivity index (χ1n) is 6.30. The van der Waals surface area contributed by atoms with Crippen LogP contribution in [-0.4, -0.2) is 17.4 Å². The van der Waals surface area contributed by atoms with Crippen molar-refractivity contribution in [3.63, 3.8) is 0 Å². The number of rotatable bonds is 4. The van der Waals surface area contributed by atoms with E-state index in [0.717, 1.165) is 16.9 Å². The van der Waals surface area contributed by atoms with Crippen LogP contribution in [0.5, 0.6) is 11.6 Å². The van der Waals surface area contributed by atoms with Gasteiger partial charge < -0.3 is 15.8 Å². The highest BCUT2D eigenvalue weighted by atomic mass is 16.5. The van der Waals surface area contributed by atoms with Gasteiger partial charge in [0.1, 0.15) is 5.75 Å². The molecule has 1 amide bonds. The van der Waals surface area contributed by atoms with E-state index in [0.29, 0.717) is 11.6 Å². The second-order valence-corrected chi connectivity index (χ2v) is 4.44. The molecule has 0 fully saturated rings. The normalized spacial score (nSPS) is 10.2. The summed E-state index contributed by atoms with van der Waals surface area (Å²) in [6.07, 6.45) is 1.54. The largest absolute Gasteiger partial charge is 0.439 e. The molecule has 2 rings (SSSR count). The molecule has 104 valence electrons. The zero-order chi connectivity index (χ0) is 14.5. The number of carbonyl (C=O) groups is 1. The minimum atomic E-state index is -0.255. The zero-order valence-electron chi connectivity index (χ0n) is 11.5. The van der Waals surface area contributed by atoms with E-state index in [4.69, 9.17) is 10.5 Å². The molecule has 20 heavy (non-hydrogen) atoms. The Bertz CT molecular complexity index is 609. The third-order valence-electron chi connectivity index (χ3n) is 2.97. The van der Waals surface area contributed by atoms with E-state index in [2.05, 4.69) is 10.3 Å². The maximum atomic E-state index is 11.1. The fourth-order valence-electron chi connectivity index (χ4n) is 1.67. The summed E-state index contributed by atoms with van der Waals surface area (Å²) < 4.78 is 5.73. The molecule has 0 saturated heterocycles. The number of hydrogen-bond donors (Lipinski definition) is 2. The molecule has 0 aliphatic heterocycles. The van der Waals surface area contributed by atoms with Crippen molar-refractivity contribution in [2.24, 2.45) is 5.73 Å². The summed E-state index contributed by atoms with van der Waals surface area (Å²) in [6.45, 7) is 3.97. The molecule has 0 atom stereocenters. The van der Waals surface area contributed by atoms with Crippen molar-refractivity contribution >= 4 is 11.6 Å². The summed E-state index contributed by atoms with van der Waals surface area (Å²) in [7, 11) is 0. The van der Waals surface area contributed by atoms with Gasteiger partial charge in [0.05, 0.1) is 18.4 Å². The SMILES string of the molecule is Cc1cccc(Oc2ccc(NC(=O)CN)cn2)c1C. The quantitative estimate of drug-likeness (QED) is 0.895. The molecular formula is C15H17N3O2. The summed E-state index contributed by atoms with van der Waals surface area (Å²) in [5.74, 6) is 0.996. The van der Waals surface area contributed by atoms with Crippen molar-refractivity contribution in [1.29, 1.82) is 0 Å². The van der Waals surface area contributed by atoms with Gasteiger partial charge in [-0.1, -0.05) is 12.1 Å². The van der Waals surface area contributed by atoms with E-state index in [9.17, 15) is 4.79 Å². The average Bonchev–Trinajstić information content (AvgIpc) is 2.46. The van der Waals surface area contributed by atoms with Crippen molar-refractivity contribution in [1.82, 2.24) is 4.98 Å². The number of carbonyl (C=O) groups excluding carboxylic acids is 1. The molecule has 1 aromatic heterocycles. The number of aryl methyl sites for hydroxylation is 1. The number of pyridine rings is 1. The van der Waals surface area contributed by atoms with Crippen molar-refractivity contribution < 1.29 is 9.53 Å². The standard InChI is InChI=1S/C15H17N3O2/c1-10-4-3-5-13(11(10)2)20-15-7-6-12(9-17-15)18-14(19)8-16/h3-7,9H,8,16H2,1-2H3,(H,18,19). The predicted octanol–water partition coefficient (Wildman–Crippen LogP) is 2.39. The van der Waals surface area contributed by atoms with Gasteiger partial charge >= 0.3 is 0 Å². The highest BCUT2D eigenvalue weighted by Gasteiger charge is 2.05. The molecule has 0 unspecified atom stereocenters. The van der Waals surface area contributed by atoms with Gasteiger partial charge in [-0.25, -0.2) is 4.98 Å². The fraction of sp³-hybridized carbons (Fsp3) is 0.200. The Morgan fingerprint density at radius 2 is 2.10 bits per heavy atom. The third-order valence-corrected chi connectivity index (χ3v) is 2.97. The van der Waals surface area contributed by atoms with Gasteiger partial charge in [-0.15, -0.1) is 0 Å². The first-order valence-corrected chi connectivity index (χ1v) is 6.30. The molecule has 1 heterocycles. The number of hydrogen-bond acceptors (Lipinski definition) is 4. The Morgan fingerprint density at radius 1 is 1.30 bits per heavy atom. The van der Waals surface area contributed by atoms with Crippen LogP contribution in [0.15, 0.2) is 36.5 Å². The van der Waals surface area contributed by atoms with Crippen molar-refractivity contribution in [3.05, 3.63) is 47.7 Å². The maximum Gasteiger partial charge on any atom is 0.238 e. The summed E-state index contributed by atoms with van der Waals surface area (Å²) in [5, 5.41) is 2.62. The van der Waals surface area contributed by atoms with Gasteiger partial charge in [-0.05, 0) is 37.1 Å². The molecular weight excluding hydrogens is 254 g/mol. The Balaban J connectivity index is 2.11. The maximum absolute atomic E-state index is 11.1. The second kappa shape index (κ2) is 6.16. The fourth-order valence-corrected chi connectivity index (χ4v) is 1.67. The number of amides is 1. The van der Waals surface area contributed by atoms with E-state index < -0.39 is 0 Å². The van der Waals surface area contributed by atoms with Gasteiger partial charge in [0.15, 0.2) is 0 Å². The van der Waals surface area contributed by atoms with E-state index in [1.54, 1.807) is 12.1 Å². The Morgan fingerprint density at radius 3 is 2.75 bits per heavy atom. The van der Waals surface area contributed by atoms with E-state index in [1.807, 2.05) is 32.0 Å². The van der Waals surface area contributed by atoms with E-state index in [1.165, 1.54) is 6.20 Å². The lowest BCUT2D eigenvalue weighted by molar-refractivity contribution is -0.114. The van der Waals surface area contributed by atoms with Gasteiger partial charge in [0, 0.05) is 6.07 Å². The van der Waals surface area contributed by atoms with Crippen LogP contribution in [0.3, 0.4) is 0 Å². The minimum Gasteiger partial charge on any atom is -0.439 e. The Labute approximate surface area is 117 Å². The molecule has 0 bridgehead atoms. The number of anilines is 1. The zero-order valence-corrected chi connectivity index (χ0v) is 11.5. The number of nitrogens with zero attached hydrogens (tertiary/aromatic N) is 1. The van der Waals surface area contributed by atoms with Gasteiger partial charge in [-0.2, -0.15) is 0 Å². The van der Waals surface area contributed by atoms with Crippen LogP contribution >= 0.6 is 0 Å². The van der Waals surface area contributed by atoms with Gasteiger partial charge in [0.2, 0.25) is 11.8 Å². The molecule has 0 aliphatic rings. The lowest BCUT2D eigenvalue weighted by Crippen LogP contribution is -2.21. The van der Waals surface area contributed by atoms with Gasteiger partial charge in [-0.3, -0.25) is 4.79 Å². The molecule has 0 saturated carbocycles. The molecule has 5 heteroatoms. The summed E-state index contributed by atoms with van der Waals surface area (Å²) >= 11 is 0. The van der Waals surface area contributed by atoms with Crippen LogP contribution in [-0.2, 0) is 4.79 Å². The predicted molar refractivity (Wildman–Crippen MR) is 77.9 cm³/mol. The van der Waals surface area contributed by atoms with Crippen molar-refractivity contribution in [2.75, 3.05) is 11.9 Å². The molecule has 5 nitrogen and oxygen atoms in total. The number of nitrogens with one attached hydrogen (secondary N) is 1. The molecule has 0 radical (unpaired) electrons. The average molecular weight is 271 g/mol. The van der Waals surface area contributed by atoms with Crippen LogP contribution in [0.25, 0.3) is 0 Å². The minimum absolute atomic E-state index is 0.0548. The monoisotopic (exact) mass is 271 g/mol. The van der Waals surface area contributed by atoms with Crippen LogP contribution in [0.1, 0.15) is 11.1 Å². The molecule has 2 aromatic rings. The van der Waals surface area contributed by atoms with Crippen LogP contribution in [0.2, 0.25) is 0 Å². The lowest BCUT2D eigenvalue weighted by atomic mass is 10.1. The number of aromatic nitrogens is 1. The molecule has 3 N–H and O–H groups in total. The van der Waals surface area contributed by atoms with Gasteiger partial charge in [0.25, 0.3) is 0 Å². The number of nitrogens with two attached hydrogens (primary N) is 1. The number of benzene rings is 1. The topological polar surface area (TPSA) is 77.2 Å². The second-order valence-electron chi connectivity index (χ2n) is 4.44. The molecule has 1 aromatic carbocycles.